The van der Waals surface area contributed by atoms with Gasteiger partial charge in [-0.05, 0) is 36.8 Å². The van der Waals surface area contributed by atoms with Gasteiger partial charge in [-0.3, -0.25) is 4.79 Å². The Morgan fingerprint density at radius 1 is 1.32 bits per heavy atom. The van der Waals surface area contributed by atoms with E-state index in [2.05, 4.69) is 10.5 Å². The van der Waals surface area contributed by atoms with E-state index in [1.54, 1.807) is 18.2 Å². The summed E-state index contributed by atoms with van der Waals surface area (Å²) in [4.78, 5) is 11.7. The fraction of sp³-hybridized carbons (Fsp3) is 0.176. The number of methoxy groups -OCH3 is 1. The van der Waals surface area contributed by atoms with Crippen molar-refractivity contribution >= 4 is 35.3 Å². The number of carbonyl (C=O) groups is 1. The maximum Gasteiger partial charge on any atom is 0.277 e. The molecule has 0 atom stereocenters. The Morgan fingerprint density at radius 2 is 2.08 bits per heavy atom. The Kier molecular flexibility index (Phi) is 6.50. The fourth-order valence-electron chi connectivity index (χ4n) is 1.91. The number of rotatable bonds is 6. The first kappa shape index (κ1) is 18.9. The molecule has 1 amide bonds. The van der Waals surface area contributed by atoms with Gasteiger partial charge in [-0.25, -0.2) is 5.43 Å². The SMILES string of the molecule is COc1cc(Cl)cc(C=NNC(=O)COc2ccc(Cl)c(C)c2)c1O. The van der Waals surface area contributed by atoms with Gasteiger partial charge in [0.2, 0.25) is 0 Å². The molecule has 2 rings (SSSR count). The number of aromatic hydroxyl groups is 1. The number of hydrogen-bond acceptors (Lipinski definition) is 5. The molecule has 0 bridgehead atoms. The molecule has 8 heteroatoms. The van der Waals surface area contributed by atoms with Gasteiger partial charge in [0.25, 0.3) is 5.91 Å². The smallest absolute Gasteiger partial charge is 0.277 e. The molecule has 25 heavy (non-hydrogen) atoms. The first-order valence-electron chi connectivity index (χ1n) is 7.18. The number of hydrazone groups is 1. The second-order valence-electron chi connectivity index (χ2n) is 5.04. The van der Waals surface area contributed by atoms with Crippen LogP contribution in [0.25, 0.3) is 0 Å². The molecule has 0 radical (unpaired) electrons. The van der Waals surface area contributed by atoms with Crippen molar-refractivity contribution in [1.82, 2.24) is 5.43 Å². The third kappa shape index (κ3) is 5.27. The topological polar surface area (TPSA) is 80.2 Å². The molecule has 0 aromatic heterocycles. The van der Waals surface area contributed by atoms with Crippen LogP contribution in [0.4, 0.5) is 0 Å². The lowest BCUT2D eigenvalue weighted by atomic mass is 10.2. The van der Waals surface area contributed by atoms with Crippen LogP contribution in [0.3, 0.4) is 0 Å². The van der Waals surface area contributed by atoms with Crippen LogP contribution in [0.15, 0.2) is 35.4 Å². The molecule has 0 spiro atoms. The number of nitrogens with one attached hydrogen (secondary N) is 1. The number of benzene rings is 2. The highest BCUT2D eigenvalue weighted by Crippen LogP contribution is 2.32. The molecule has 2 N–H and O–H groups in total. The van der Waals surface area contributed by atoms with E-state index >= 15 is 0 Å². The molecular formula is C17H16Cl2N2O4. The summed E-state index contributed by atoms with van der Waals surface area (Å²) in [7, 11) is 1.41. The maximum atomic E-state index is 11.7. The molecule has 2 aromatic carbocycles. The van der Waals surface area contributed by atoms with Gasteiger partial charge in [0.15, 0.2) is 18.1 Å². The van der Waals surface area contributed by atoms with E-state index < -0.39 is 5.91 Å². The Bertz CT molecular complexity index is 809. The second-order valence-corrected chi connectivity index (χ2v) is 5.88. The highest BCUT2D eigenvalue weighted by Gasteiger charge is 2.09. The quantitative estimate of drug-likeness (QED) is 0.591. The number of amides is 1. The van der Waals surface area contributed by atoms with Crippen molar-refractivity contribution in [2.24, 2.45) is 5.10 Å². The van der Waals surface area contributed by atoms with Crippen LogP contribution in [0, 0.1) is 6.92 Å². The summed E-state index contributed by atoms with van der Waals surface area (Å²) in [6.45, 7) is 1.62. The highest BCUT2D eigenvalue weighted by atomic mass is 35.5. The summed E-state index contributed by atoms with van der Waals surface area (Å²) in [6.07, 6.45) is 1.26. The number of ether oxygens (including phenoxy) is 2. The van der Waals surface area contributed by atoms with E-state index in [0.29, 0.717) is 21.4 Å². The minimum atomic E-state index is -0.461. The zero-order valence-electron chi connectivity index (χ0n) is 13.5. The number of aryl methyl sites for hydroxylation is 1. The molecule has 0 aliphatic rings. The molecule has 0 fully saturated rings. The normalized spacial score (nSPS) is 10.7. The van der Waals surface area contributed by atoms with Gasteiger partial charge in [0.1, 0.15) is 5.75 Å². The lowest BCUT2D eigenvalue weighted by Crippen LogP contribution is -2.24. The van der Waals surface area contributed by atoms with E-state index in [9.17, 15) is 9.90 Å². The van der Waals surface area contributed by atoms with Crippen molar-refractivity contribution in [3.63, 3.8) is 0 Å². The number of phenolic OH excluding ortho intramolecular Hbond substituents is 1. The van der Waals surface area contributed by atoms with Crippen LogP contribution in [0.2, 0.25) is 10.0 Å². The minimum Gasteiger partial charge on any atom is -0.504 e. The average Bonchev–Trinajstić information content (AvgIpc) is 2.58. The van der Waals surface area contributed by atoms with Crippen molar-refractivity contribution in [2.75, 3.05) is 13.7 Å². The first-order chi connectivity index (χ1) is 11.9. The molecule has 2 aromatic rings. The zero-order chi connectivity index (χ0) is 18.4. The van der Waals surface area contributed by atoms with E-state index in [1.165, 1.54) is 25.5 Å². The number of phenols is 1. The molecule has 0 heterocycles. The molecule has 0 saturated heterocycles. The summed E-state index contributed by atoms with van der Waals surface area (Å²) in [5.41, 5.74) is 3.45. The predicted octanol–water partition coefficient (Wildman–Crippen LogP) is 3.55. The van der Waals surface area contributed by atoms with Gasteiger partial charge in [-0.15, -0.1) is 0 Å². The summed E-state index contributed by atoms with van der Waals surface area (Å²) < 4.78 is 10.3. The monoisotopic (exact) mass is 382 g/mol. The second kappa shape index (κ2) is 8.60. The molecule has 0 unspecified atom stereocenters. The summed E-state index contributed by atoms with van der Waals surface area (Å²) in [5, 5.41) is 14.7. The summed E-state index contributed by atoms with van der Waals surface area (Å²) >= 11 is 11.8. The number of hydrogen-bond donors (Lipinski definition) is 2. The minimum absolute atomic E-state index is 0.127. The maximum absolute atomic E-state index is 11.7. The molecule has 0 aliphatic heterocycles. The van der Waals surface area contributed by atoms with Crippen LogP contribution in [-0.4, -0.2) is 30.9 Å². The van der Waals surface area contributed by atoms with Gasteiger partial charge in [0, 0.05) is 21.7 Å². The van der Waals surface area contributed by atoms with E-state index in [4.69, 9.17) is 32.7 Å². The number of nitrogens with zero attached hydrogens (tertiary/aromatic N) is 1. The Balaban J connectivity index is 1.92. The largest absolute Gasteiger partial charge is 0.504 e. The van der Waals surface area contributed by atoms with Gasteiger partial charge in [0.05, 0.1) is 13.3 Å². The third-order valence-corrected chi connectivity index (χ3v) is 3.82. The van der Waals surface area contributed by atoms with Crippen molar-refractivity contribution < 1.29 is 19.4 Å². The Labute approximate surface area is 155 Å². The van der Waals surface area contributed by atoms with Crippen LogP contribution in [0.1, 0.15) is 11.1 Å². The van der Waals surface area contributed by atoms with Crippen LogP contribution < -0.4 is 14.9 Å². The Morgan fingerprint density at radius 3 is 2.76 bits per heavy atom. The van der Waals surface area contributed by atoms with E-state index in [1.807, 2.05) is 6.92 Å². The van der Waals surface area contributed by atoms with E-state index in [0.717, 1.165) is 5.56 Å². The molecule has 6 nitrogen and oxygen atoms in total. The highest BCUT2D eigenvalue weighted by molar-refractivity contribution is 6.31. The van der Waals surface area contributed by atoms with Gasteiger partial charge in [-0.1, -0.05) is 23.2 Å². The molecular weight excluding hydrogens is 367 g/mol. The lowest BCUT2D eigenvalue weighted by Gasteiger charge is -2.07. The van der Waals surface area contributed by atoms with Crippen LogP contribution in [-0.2, 0) is 4.79 Å². The zero-order valence-corrected chi connectivity index (χ0v) is 15.1. The number of carbonyl (C=O) groups excluding carboxylic acids is 1. The van der Waals surface area contributed by atoms with Crippen molar-refractivity contribution in [2.45, 2.75) is 6.92 Å². The third-order valence-electron chi connectivity index (χ3n) is 3.18. The van der Waals surface area contributed by atoms with Gasteiger partial charge < -0.3 is 14.6 Å². The molecule has 0 saturated carbocycles. The summed E-state index contributed by atoms with van der Waals surface area (Å²) in [6, 6.07) is 8.05. The first-order valence-corrected chi connectivity index (χ1v) is 7.93. The number of halogens is 2. The van der Waals surface area contributed by atoms with Crippen LogP contribution >= 0.6 is 23.2 Å². The lowest BCUT2D eigenvalue weighted by molar-refractivity contribution is -0.123. The molecule has 0 aliphatic carbocycles. The van der Waals surface area contributed by atoms with Crippen molar-refractivity contribution in [1.29, 1.82) is 0 Å². The Hall–Kier alpha value is -2.44. The standard InChI is InChI=1S/C17H16Cl2N2O4/c1-10-5-13(3-4-14(10)19)25-9-16(22)21-20-8-11-6-12(18)7-15(24-2)17(11)23/h3-8,23H,9H2,1-2H3,(H,21,22). The fourth-order valence-corrected chi connectivity index (χ4v) is 2.24. The van der Waals surface area contributed by atoms with Crippen molar-refractivity contribution in [3.8, 4) is 17.2 Å². The van der Waals surface area contributed by atoms with Crippen molar-refractivity contribution in [3.05, 3.63) is 51.5 Å². The van der Waals surface area contributed by atoms with Crippen LogP contribution in [0.5, 0.6) is 17.2 Å². The predicted molar refractivity (Wildman–Crippen MR) is 97.1 cm³/mol. The molecule has 132 valence electrons. The van der Waals surface area contributed by atoms with Gasteiger partial charge in [-0.2, -0.15) is 5.10 Å². The summed E-state index contributed by atoms with van der Waals surface area (Å²) in [5.74, 6) is 0.148. The van der Waals surface area contributed by atoms with E-state index in [-0.39, 0.29) is 18.1 Å². The van der Waals surface area contributed by atoms with Gasteiger partial charge >= 0.3 is 0 Å². The average molecular weight is 383 g/mol.